The highest BCUT2D eigenvalue weighted by molar-refractivity contribution is 6.05. The molecule has 1 aromatic rings. The monoisotopic (exact) mass is 391 g/mol. The maximum absolute atomic E-state index is 13.1. The average molecular weight is 392 g/mol. The second-order valence-electron chi connectivity index (χ2n) is 8.11. The lowest BCUT2D eigenvalue weighted by Gasteiger charge is -2.33. The number of amides is 2. The zero-order valence-electron chi connectivity index (χ0n) is 16.0. The van der Waals surface area contributed by atoms with Crippen LogP contribution in [0.1, 0.15) is 48.9 Å². The quantitative estimate of drug-likeness (QED) is 0.810. The molecule has 27 heavy (non-hydrogen) atoms. The van der Waals surface area contributed by atoms with Crippen LogP contribution in [-0.4, -0.2) is 49.4 Å². The van der Waals surface area contributed by atoms with Crippen molar-refractivity contribution in [2.75, 3.05) is 31.6 Å². The fourth-order valence-electron chi connectivity index (χ4n) is 3.78. The van der Waals surface area contributed by atoms with E-state index in [1.165, 1.54) is 12.8 Å². The Morgan fingerprint density at radius 2 is 1.74 bits per heavy atom. The van der Waals surface area contributed by atoms with Gasteiger partial charge in [0.2, 0.25) is 5.91 Å². The van der Waals surface area contributed by atoms with Crippen molar-refractivity contribution in [3.05, 3.63) is 29.8 Å². The summed E-state index contributed by atoms with van der Waals surface area (Å²) >= 11 is 0. The lowest BCUT2D eigenvalue weighted by Crippen LogP contribution is -2.45. The van der Waals surface area contributed by atoms with E-state index in [0.29, 0.717) is 11.6 Å². The van der Waals surface area contributed by atoms with E-state index >= 15 is 0 Å². The number of anilines is 1. The molecule has 1 saturated heterocycles. The first kappa shape index (κ1) is 20.2. The van der Waals surface area contributed by atoms with E-state index < -0.39 is 0 Å². The molecule has 2 aliphatic carbocycles. The Balaban J connectivity index is 0.00000210. The van der Waals surface area contributed by atoms with Crippen molar-refractivity contribution in [3.63, 3.8) is 0 Å². The molecular formula is C21H30ClN3O2. The van der Waals surface area contributed by atoms with Crippen LogP contribution in [0.3, 0.4) is 0 Å². The number of rotatable bonds is 6. The van der Waals surface area contributed by atoms with E-state index in [0.717, 1.165) is 56.9 Å². The number of likely N-dealkylation sites (tertiary alicyclic amines) is 1. The van der Waals surface area contributed by atoms with Gasteiger partial charge in [-0.3, -0.25) is 9.59 Å². The topological polar surface area (TPSA) is 52.7 Å². The van der Waals surface area contributed by atoms with Crippen LogP contribution in [0.2, 0.25) is 0 Å². The molecule has 0 spiro atoms. The van der Waals surface area contributed by atoms with E-state index in [1.807, 2.05) is 29.2 Å². The molecular weight excluding hydrogens is 362 g/mol. The minimum absolute atomic E-state index is 0. The molecule has 3 aliphatic rings. The summed E-state index contributed by atoms with van der Waals surface area (Å²) in [5.41, 5.74) is 1.39. The van der Waals surface area contributed by atoms with E-state index in [-0.39, 0.29) is 30.1 Å². The molecule has 6 heteroatoms. The van der Waals surface area contributed by atoms with Crippen molar-refractivity contribution in [2.24, 2.45) is 11.8 Å². The number of nitrogens with one attached hydrogen (secondary N) is 1. The van der Waals surface area contributed by atoms with Crippen molar-refractivity contribution < 1.29 is 9.59 Å². The molecule has 2 amide bonds. The van der Waals surface area contributed by atoms with E-state index in [1.54, 1.807) is 11.9 Å². The maximum atomic E-state index is 13.1. The molecule has 0 bridgehead atoms. The van der Waals surface area contributed by atoms with E-state index in [2.05, 4.69) is 5.32 Å². The summed E-state index contributed by atoms with van der Waals surface area (Å²) in [6.07, 6.45) is 6.71. The highest BCUT2D eigenvalue weighted by Gasteiger charge is 2.34. The lowest BCUT2D eigenvalue weighted by molar-refractivity contribution is -0.119. The van der Waals surface area contributed by atoms with Gasteiger partial charge in [0, 0.05) is 32.1 Å². The maximum Gasteiger partial charge on any atom is 0.255 e. The Hall–Kier alpha value is -1.59. The van der Waals surface area contributed by atoms with Gasteiger partial charge in [-0.2, -0.15) is 0 Å². The van der Waals surface area contributed by atoms with Crippen LogP contribution < -0.4 is 10.2 Å². The van der Waals surface area contributed by atoms with Crippen molar-refractivity contribution >= 4 is 29.9 Å². The summed E-state index contributed by atoms with van der Waals surface area (Å²) in [7, 11) is 1.79. The van der Waals surface area contributed by atoms with Crippen LogP contribution in [0.5, 0.6) is 0 Å². The molecule has 4 rings (SSSR count). The smallest absolute Gasteiger partial charge is 0.255 e. The van der Waals surface area contributed by atoms with Gasteiger partial charge < -0.3 is 15.1 Å². The van der Waals surface area contributed by atoms with Crippen LogP contribution in [-0.2, 0) is 4.79 Å². The first-order valence-electron chi connectivity index (χ1n) is 10.0. The van der Waals surface area contributed by atoms with Crippen molar-refractivity contribution in [3.8, 4) is 0 Å². The van der Waals surface area contributed by atoms with Gasteiger partial charge >= 0.3 is 0 Å². The number of benzene rings is 1. The number of para-hydroxylation sites is 1. The number of halogens is 1. The molecule has 0 radical (unpaired) electrons. The molecule has 0 atom stereocenters. The largest absolute Gasteiger partial charge is 0.338 e. The average Bonchev–Trinajstić information content (AvgIpc) is 3.58. The van der Waals surface area contributed by atoms with Crippen molar-refractivity contribution in [2.45, 2.75) is 44.6 Å². The Labute approximate surface area is 167 Å². The number of piperidine rings is 1. The lowest BCUT2D eigenvalue weighted by atomic mass is 10.0. The highest BCUT2D eigenvalue weighted by atomic mass is 35.5. The first-order chi connectivity index (χ1) is 12.6. The van der Waals surface area contributed by atoms with Gasteiger partial charge in [0.05, 0.1) is 11.3 Å². The highest BCUT2D eigenvalue weighted by Crippen LogP contribution is 2.33. The number of carbonyl (C=O) groups excluding carboxylic acids is 2. The van der Waals surface area contributed by atoms with Crippen LogP contribution in [0.15, 0.2) is 24.3 Å². The standard InChI is InChI=1S/C21H29N3O2.ClH/c1-23(20(25)16-8-9-16)19-5-3-2-4-18(19)21(26)24-12-10-17(11-13-24)22-14-15-6-7-15;/h2-5,15-17,22H,6-14H2,1H3;1H. The second kappa shape index (κ2) is 8.61. The molecule has 1 aliphatic heterocycles. The summed E-state index contributed by atoms with van der Waals surface area (Å²) in [6, 6.07) is 8.06. The first-order valence-corrected chi connectivity index (χ1v) is 10.0. The molecule has 0 aromatic heterocycles. The van der Waals surface area contributed by atoms with Crippen LogP contribution >= 0.6 is 12.4 Å². The van der Waals surface area contributed by atoms with Crippen LogP contribution in [0, 0.1) is 11.8 Å². The van der Waals surface area contributed by atoms with Gasteiger partial charge in [0.1, 0.15) is 0 Å². The Kier molecular flexibility index (Phi) is 6.43. The normalized spacial score (nSPS) is 20.1. The fraction of sp³-hybridized carbons (Fsp3) is 0.619. The third-order valence-electron chi connectivity index (χ3n) is 5.93. The molecule has 1 N–H and O–H groups in total. The Morgan fingerprint density at radius 3 is 2.37 bits per heavy atom. The molecule has 2 saturated carbocycles. The summed E-state index contributed by atoms with van der Waals surface area (Å²) in [5, 5.41) is 3.66. The number of hydrogen-bond donors (Lipinski definition) is 1. The zero-order chi connectivity index (χ0) is 18.1. The van der Waals surface area contributed by atoms with E-state index in [4.69, 9.17) is 0 Å². The number of hydrogen-bond acceptors (Lipinski definition) is 3. The minimum atomic E-state index is 0. The van der Waals surface area contributed by atoms with Crippen LogP contribution in [0.4, 0.5) is 5.69 Å². The number of nitrogens with zero attached hydrogens (tertiary/aromatic N) is 2. The second-order valence-corrected chi connectivity index (χ2v) is 8.11. The minimum Gasteiger partial charge on any atom is -0.338 e. The predicted octanol–water partition coefficient (Wildman–Crippen LogP) is 3.09. The third-order valence-corrected chi connectivity index (χ3v) is 5.93. The summed E-state index contributed by atoms with van der Waals surface area (Å²) in [5.74, 6) is 1.22. The zero-order valence-corrected chi connectivity index (χ0v) is 16.8. The van der Waals surface area contributed by atoms with Crippen molar-refractivity contribution in [1.29, 1.82) is 0 Å². The van der Waals surface area contributed by atoms with Gasteiger partial charge in [-0.15, -0.1) is 12.4 Å². The molecule has 3 fully saturated rings. The van der Waals surface area contributed by atoms with Gasteiger partial charge in [0.15, 0.2) is 0 Å². The number of carbonyl (C=O) groups is 2. The SMILES string of the molecule is CN(C(=O)C1CC1)c1ccccc1C(=O)N1CCC(NCC2CC2)CC1.Cl. The van der Waals surface area contributed by atoms with Gasteiger partial charge in [-0.25, -0.2) is 0 Å². The molecule has 5 nitrogen and oxygen atoms in total. The molecule has 148 valence electrons. The fourth-order valence-corrected chi connectivity index (χ4v) is 3.78. The van der Waals surface area contributed by atoms with Crippen LogP contribution in [0.25, 0.3) is 0 Å². The Bertz CT molecular complexity index is 680. The molecule has 1 heterocycles. The summed E-state index contributed by atoms with van der Waals surface area (Å²) < 4.78 is 0. The third kappa shape index (κ3) is 4.82. The van der Waals surface area contributed by atoms with Gasteiger partial charge in [0.25, 0.3) is 5.91 Å². The summed E-state index contributed by atoms with van der Waals surface area (Å²) in [6.45, 7) is 2.71. The van der Waals surface area contributed by atoms with Gasteiger partial charge in [-0.1, -0.05) is 12.1 Å². The predicted molar refractivity (Wildman–Crippen MR) is 109 cm³/mol. The summed E-state index contributed by atoms with van der Waals surface area (Å²) in [4.78, 5) is 29.1. The van der Waals surface area contributed by atoms with Crippen molar-refractivity contribution in [1.82, 2.24) is 10.2 Å². The van der Waals surface area contributed by atoms with E-state index in [9.17, 15) is 9.59 Å². The molecule has 0 unspecified atom stereocenters. The van der Waals surface area contributed by atoms with Gasteiger partial charge in [-0.05, 0) is 63.1 Å². The molecule has 1 aromatic carbocycles. The Morgan fingerprint density at radius 1 is 1.07 bits per heavy atom.